The Bertz CT molecular complexity index is 1160. The van der Waals surface area contributed by atoms with Crippen molar-refractivity contribution in [3.05, 3.63) is 83.9 Å². The highest BCUT2D eigenvalue weighted by atomic mass is 16.6. The molecule has 36 heavy (non-hydrogen) atoms. The third-order valence-corrected chi connectivity index (χ3v) is 6.41. The Balaban J connectivity index is 1.42. The number of ether oxygens (including phenoxy) is 1. The summed E-state index contributed by atoms with van der Waals surface area (Å²) in [6.07, 6.45) is 1.93. The average molecular weight is 488 g/mol. The van der Waals surface area contributed by atoms with Crippen LogP contribution in [0.4, 0.5) is 16.2 Å². The number of likely N-dealkylation sites (tertiary alicyclic amines) is 1. The van der Waals surface area contributed by atoms with Crippen molar-refractivity contribution in [1.82, 2.24) is 4.90 Å². The van der Waals surface area contributed by atoms with Gasteiger partial charge in [-0.15, -0.1) is 0 Å². The summed E-state index contributed by atoms with van der Waals surface area (Å²) in [5.41, 5.74) is 4.97. The smallest absolute Gasteiger partial charge is 0.411 e. The second-order valence-corrected chi connectivity index (χ2v) is 9.18. The van der Waals surface area contributed by atoms with Crippen LogP contribution in [-0.2, 0) is 22.6 Å². The van der Waals surface area contributed by atoms with Crippen LogP contribution in [0.25, 0.3) is 11.1 Å². The molecule has 0 bridgehead atoms. The standard InChI is InChI=1S/C29H33N3O4/c1-32-17-15-25(16-18-32)36-29(35)31-27-19-21(9-13-26(27)23-5-3-2-4-6-23)10-14-28(34)30-24-11-7-22(20-33)8-12-24/h2-9,11-13,19,25,33H,10,14-18,20H2,1H3,(H,30,34)(H,31,35). The molecule has 0 atom stereocenters. The van der Waals surface area contributed by atoms with Crippen molar-refractivity contribution < 1.29 is 19.4 Å². The molecule has 0 saturated carbocycles. The first-order valence-corrected chi connectivity index (χ1v) is 12.3. The van der Waals surface area contributed by atoms with Crippen molar-refractivity contribution in [3.63, 3.8) is 0 Å². The van der Waals surface area contributed by atoms with Gasteiger partial charge in [-0.1, -0.05) is 54.6 Å². The van der Waals surface area contributed by atoms with Gasteiger partial charge in [-0.3, -0.25) is 10.1 Å². The molecule has 0 unspecified atom stereocenters. The number of piperidine rings is 1. The lowest BCUT2D eigenvalue weighted by atomic mass is 9.99. The number of aryl methyl sites for hydroxylation is 1. The van der Waals surface area contributed by atoms with Crippen LogP contribution >= 0.6 is 0 Å². The highest BCUT2D eigenvalue weighted by Gasteiger charge is 2.21. The molecule has 3 N–H and O–H groups in total. The first-order valence-electron chi connectivity index (χ1n) is 12.3. The van der Waals surface area contributed by atoms with Gasteiger partial charge in [0.05, 0.1) is 12.3 Å². The summed E-state index contributed by atoms with van der Waals surface area (Å²) in [5.74, 6) is -0.102. The lowest BCUT2D eigenvalue weighted by Crippen LogP contribution is -2.36. The quantitative estimate of drug-likeness (QED) is 0.413. The van der Waals surface area contributed by atoms with Crippen molar-refractivity contribution in [2.75, 3.05) is 30.8 Å². The van der Waals surface area contributed by atoms with E-state index in [1.54, 1.807) is 24.3 Å². The normalized spacial score (nSPS) is 14.3. The van der Waals surface area contributed by atoms with Gasteiger partial charge in [0, 0.05) is 30.8 Å². The topological polar surface area (TPSA) is 90.9 Å². The third-order valence-electron chi connectivity index (χ3n) is 6.41. The van der Waals surface area contributed by atoms with Crippen molar-refractivity contribution >= 4 is 23.4 Å². The van der Waals surface area contributed by atoms with E-state index >= 15 is 0 Å². The minimum Gasteiger partial charge on any atom is -0.446 e. The van der Waals surface area contributed by atoms with E-state index in [1.807, 2.05) is 48.5 Å². The van der Waals surface area contributed by atoms with E-state index in [-0.39, 0.29) is 18.6 Å². The zero-order chi connectivity index (χ0) is 25.3. The Kier molecular flexibility index (Phi) is 8.71. The van der Waals surface area contributed by atoms with Gasteiger partial charge in [0.25, 0.3) is 0 Å². The molecule has 7 nitrogen and oxygen atoms in total. The minimum atomic E-state index is -0.456. The van der Waals surface area contributed by atoms with Crippen LogP contribution in [0.3, 0.4) is 0 Å². The molecule has 1 fully saturated rings. The van der Waals surface area contributed by atoms with Crippen LogP contribution in [0.5, 0.6) is 0 Å². The second-order valence-electron chi connectivity index (χ2n) is 9.18. The van der Waals surface area contributed by atoms with Crippen LogP contribution in [0, 0.1) is 0 Å². The number of rotatable bonds is 8. The van der Waals surface area contributed by atoms with Crippen LogP contribution < -0.4 is 10.6 Å². The predicted molar refractivity (Wildman–Crippen MR) is 142 cm³/mol. The zero-order valence-electron chi connectivity index (χ0n) is 20.6. The summed E-state index contributed by atoms with van der Waals surface area (Å²) < 4.78 is 5.70. The van der Waals surface area contributed by atoms with Gasteiger partial charge in [0.1, 0.15) is 6.10 Å². The van der Waals surface area contributed by atoms with E-state index in [0.717, 1.165) is 48.2 Å². The minimum absolute atomic E-state index is 0.0326. The molecule has 3 aromatic carbocycles. The maximum absolute atomic E-state index is 12.7. The maximum atomic E-state index is 12.7. The van der Waals surface area contributed by atoms with E-state index < -0.39 is 6.09 Å². The number of anilines is 2. The fourth-order valence-corrected chi connectivity index (χ4v) is 4.29. The van der Waals surface area contributed by atoms with Gasteiger partial charge in [0.15, 0.2) is 0 Å². The van der Waals surface area contributed by atoms with Crippen LogP contribution in [0.1, 0.15) is 30.4 Å². The van der Waals surface area contributed by atoms with Gasteiger partial charge in [-0.05, 0) is 61.2 Å². The third kappa shape index (κ3) is 7.16. The number of nitrogens with one attached hydrogen (secondary N) is 2. The molecule has 2 amide bonds. The number of carbonyl (C=O) groups is 2. The highest BCUT2D eigenvalue weighted by Crippen LogP contribution is 2.30. The van der Waals surface area contributed by atoms with Gasteiger partial charge in [0.2, 0.25) is 5.91 Å². The average Bonchev–Trinajstić information content (AvgIpc) is 2.90. The van der Waals surface area contributed by atoms with E-state index in [4.69, 9.17) is 9.84 Å². The first-order chi connectivity index (χ1) is 17.5. The van der Waals surface area contributed by atoms with E-state index in [2.05, 4.69) is 22.6 Å². The van der Waals surface area contributed by atoms with Gasteiger partial charge >= 0.3 is 6.09 Å². The molecule has 188 valence electrons. The molecule has 1 saturated heterocycles. The number of benzene rings is 3. The maximum Gasteiger partial charge on any atom is 0.411 e. The summed E-state index contributed by atoms with van der Waals surface area (Å²) in [7, 11) is 2.07. The lowest BCUT2D eigenvalue weighted by Gasteiger charge is -2.28. The van der Waals surface area contributed by atoms with Crippen LogP contribution in [0.2, 0.25) is 0 Å². The Hall–Kier alpha value is -3.68. The number of aliphatic hydroxyl groups is 1. The molecule has 0 radical (unpaired) electrons. The summed E-state index contributed by atoms with van der Waals surface area (Å²) in [6, 6.07) is 22.9. The van der Waals surface area contributed by atoms with Crippen LogP contribution in [0.15, 0.2) is 72.8 Å². The predicted octanol–water partition coefficient (Wildman–Crippen LogP) is 5.06. The number of carbonyl (C=O) groups excluding carboxylic acids is 2. The Morgan fingerprint density at radius 3 is 2.33 bits per heavy atom. The number of hydrogen-bond donors (Lipinski definition) is 3. The van der Waals surface area contributed by atoms with Crippen LogP contribution in [-0.4, -0.2) is 48.2 Å². The Labute approximate surface area is 212 Å². The fraction of sp³-hybridized carbons (Fsp3) is 0.310. The number of hydrogen-bond acceptors (Lipinski definition) is 5. The molecule has 0 spiro atoms. The lowest BCUT2D eigenvalue weighted by molar-refractivity contribution is -0.116. The molecule has 4 rings (SSSR count). The molecule has 1 aliphatic heterocycles. The van der Waals surface area contributed by atoms with Gasteiger partial charge in [-0.25, -0.2) is 4.79 Å². The molecular formula is C29H33N3O4. The van der Waals surface area contributed by atoms with E-state index in [1.165, 1.54) is 0 Å². The van der Waals surface area contributed by atoms with Crippen molar-refractivity contribution in [1.29, 1.82) is 0 Å². The second kappa shape index (κ2) is 12.3. The van der Waals surface area contributed by atoms with Crippen molar-refractivity contribution in [3.8, 4) is 11.1 Å². The molecule has 7 heteroatoms. The van der Waals surface area contributed by atoms with E-state index in [9.17, 15) is 9.59 Å². The molecule has 0 aromatic heterocycles. The molecule has 1 heterocycles. The van der Waals surface area contributed by atoms with Crippen molar-refractivity contribution in [2.24, 2.45) is 0 Å². The molecule has 0 aliphatic carbocycles. The zero-order valence-corrected chi connectivity index (χ0v) is 20.6. The van der Waals surface area contributed by atoms with Crippen molar-refractivity contribution in [2.45, 2.75) is 38.4 Å². The molecular weight excluding hydrogens is 454 g/mol. The van der Waals surface area contributed by atoms with Gasteiger partial charge in [-0.2, -0.15) is 0 Å². The van der Waals surface area contributed by atoms with E-state index in [0.29, 0.717) is 24.2 Å². The Morgan fingerprint density at radius 1 is 0.944 bits per heavy atom. The summed E-state index contributed by atoms with van der Waals surface area (Å²) >= 11 is 0. The number of aliphatic hydroxyl groups excluding tert-OH is 1. The molecule has 1 aliphatic rings. The molecule has 3 aromatic rings. The number of amides is 2. The largest absolute Gasteiger partial charge is 0.446 e. The SMILES string of the molecule is CN1CCC(OC(=O)Nc2cc(CCC(=O)Nc3ccc(CO)cc3)ccc2-c2ccccc2)CC1. The fourth-order valence-electron chi connectivity index (χ4n) is 4.29. The van der Waals surface area contributed by atoms with Gasteiger partial charge < -0.3 is 20.1 Å². The monoisotopic (exact) mass is 487 g/mol. The summed E-state index contributed by atoms with van der Waals surface area (Å²) in [4.78, 5) is 27.5. The first kappa shape index (κ1) is 25.4. The highest BCUT2D eigenvalue weighted by molar-refractivity contribution is 5.92. The Morgan fingerprint density at radius 2 is 1.64 bits per heavy atom. The summed E-state index contributed by atoms with van der Waals surface area (Å²) in [5, 5.41) is 15.0. The summed E-state index contributed by atoms with van der Waals surface area (Å²) in [6.45, 7) is 1.79. The number of nitrogens with zero attached hydrogens (tertiary/aromatic N) is 1.